The third-order valence-electron chi connectivity index (χ3n) is 4.14. The Hall–Kier alpha value is -2.41. The minimum Gasteiger partial charge on any atom is -0.376 e. The summed E-state index contributed by atoms with van der Waals surface area (Å²) in [6, 6.07) is 5.51. The molecule has 0 spiro atoms. The van der Waals surface area contributed by atoms with Crippen LogP contribution in [-0.4, -0.2) is 39.5 Å². The van der Waals surface area contributed by atoms with Crippen LogP contribution in [0.4, 0.5) is 10.6 Å². The molecule has 0 radical (unpaired) electrons. The highest BCUT2D eigenvalue weighted by Crippen LogP contribution is 2.15. The highest BCUT2D eigenvalue weighted by Gasteiger charge is 2.23. The summed E-state index contributed by atoms with van der Waals surface area (Å²) < 4.78 is 7.40. The third-order valence-corrected chi connectivity index (χ3v) is 4.14. The number of urea groups is 1. The number of aromatic nitrogens is 3. The molecule has 1 aliphatic rings. The second-order valence-electron chi connectivity index (χ2n) is 6.01. The van der Waals surface area contributed by atoms with Crippen molar-refractivity contribution in [1.82, 2.24) is 20.1 Å². The van der Waals surface area contributed by atoms with Crippen LogP contribution in [-0.2, 0) is 17.7 Å². The van der Waals surface area contributed by atoms with Crippen molar-refractivity contribution in [3.63, 3.8) is 0 Å². The molecule has 0 aromatic carbocycles. The maximum Gasteiger partial charge on any atom is 0.320 e. The summed E-state index contributed by atoms with van der Waals surface area (Å²) in [6.07, 6.45) is 8.45. The minimum atomic E-state index is -0.252. The number of carbonyl (C=O) groups excluding carboxylic acids is 1. The average molecular weight is 329 g/mol. The monoisotopic (exact) mass is 329 g/mol. The lowest BCUT2D eigenvalue weighted by molar-refractivity contribution is 0.0868. The molecule has 2 atom stereocenters. The number of hydrogen-bond acceptors (Lipinski definition) is 4. The number of nitrogens with zero attached hydrogens (tertiary/aromatic N) is 3. The molecule has 7 nitrogen and oxygen atoms in total. The molecule has 1 saturated heterocycles. The lowest BCUT2D eigenvalue weighted by Crippen LogP contribution is -2.43. The Kier molecular flexibility index (Phi) is 5.43. The summed E-state index contributed by atoms with van der Waals surface area (Å²) in [4.78, 5) is 16.0. The summed E-state index contributed by atoms with van der Waals surface area (Å²) in [6.45, 7) is 3.49. The number of amides is 2. The molecule has 0 aliphatic carbocycles. The third kappa shape index (κ3) is 4.55. The predicted octanol–water partition coefficient (Wildman–Crippen LogP) is 2.21. The maximum absolute atomic E-state index is 12.0. The van der Waals surface area contributed by atoms with E-state index in [1.54, 1.807) is 18.5 Å². The zero-order chi connectivity index (χ0) is 16.8. The van der Waals surface area contributed by atoms with Crippen LogP contribution in [0.1, 0.15) is 25.3 Å². The van der Waals surface area contributed by atoms with Gasteiger partial charge in [-0.3, -0.25) is 15.0 Å². The Morgan fingerprint density at radius 3 is 3.00 bits per heavy atom. The number of anilines is 1. The van der Waals surface area contributed by atoms with E-state index in [1.165, 1.54) is 5.56 Å². The highest BCUT2D eigenvalue weighted by atomic mass is 16.5. The molecule has 3 rings (SSSR count). The number of pyridine rings is 1. The largest absolute Gasteiger partial charge is 0.376 e. The minimum absolute atomic E-state index is 0.0127. The molecule has 24 heavy (non-hydrogen) atoms. The highest BCUT2D eigenvalue weighted by molar-refractivity contribution is 5.88. The Balaban J connectivity index is 1.45. The van der Waals surface area contributed by atoms with Gasteiger partial charge in [-0.25, -0.2) is 4.79 Å². The quantitative estimate of drug-likeness (QED) is 0.851. The van der Waals surface area contributed by atoms with Gasteiger partial charge in [0.05, 0.1) is 12.1 Å². The maximum atomic E-state index is 12.0. The van der Waals surface area contributed by atoms with E-state index in [0.29, 0.717) is 5.82 Å². The Bertz CT molecular complexity index is 652. The van der Waals surface area contributed by atoms with Crippen molar-refractivity contribution in [1.29, 1.82) is 0 Å². The van der Waals surface area contributed by atoms with Crippen molar-refractivity contribution in [3.05, 3.63) is 42.4 Å². The van der Waals surface area contributed by atoms with E-state index in [-0.39, 0.29) is 18.2 Å². The Labute approximate surface area is 141 Å². The van der Waals surface area contributed by atoms with Gasteiger partial charge >= 0.3 is 6.03 Å². The van der Waals surface area contributed by atoms with Crippen LogP contribution in [0.25, 0.3) is 0 Å². The molecule has 128 valence electrons. The molecular weight excluding hydrogens is 306 g/mol. The SMILES string of the molecule is C[C@H](NC(=O)Nc1ccn(CCc2ccncc2)n1)[C@@H]1CCCO1. The van der Waals surface area contributed by atoms with Gasteiger partial charge in [-0.1, -0.05) is 0 Å². The van der Waals surface area contributed by atoms with E-state index in [4.69, 9.17) is 4.74 Å². The van der Waals surface area contributed by atoms with Gasteiger partial charge in [0.2, 0.25) is 0 Å². The molecule has 3 heterocycles. The van der Waals surface area contributed by atoms with E-state index in [9.17, 15) is 4.79 Å². The summed E-state index contributed by atoms with van der Waals surface area (Å²) in [5.41, 5.74) is 1.21. The zero-order valence-electron chi connectivity index (χ0n) is 13.8. The van der Waals surface area contributed by atoms with Crippen LogP contribution in [0.5, 0.6) is 0 Å². The molecule has 2 aromatic heterocycles. The molecule has 0 saturated carbocycles. The zero-order valence-corrected chi connectivity index (χ0v) is 13.8. The summed E-state index contributed by atoms with van der Waals surface area (Å²) in [7, 11) is 0. The molecular formula is C17H23N5O2. The van der Waals surface area contributed by atoms with E-state index >= 15 is 0 Å². The Morgan fingerprint density at radius 1 is 1.42 bits per heavy atom. The molecule has 2 N–H and O–H groups in total. The molecule has 2 amide bonds. The molecule has 7 heteroatoms. The van der Waals surface area contributed by atoms with Crippen molar-refractivity contribution in [2.24, 2.45) is 0 Å². The first-order chi connectivity index (χ1) is 11.7. The van der Waals surface area contributed by atoms with Crippen molar-refractivity contribution in [2.75, 3.05) is 11.9 Å². The molecule has 1 fully saturated rings. The van der Waals surface area contributed by atoms with Crippen LogP contribution in [0.3, 0.4) is 0 Å². The number of hydrogen-bond donors (Lipinski definition) is 2. The second kappa shape index (κ2) is 7.92. The Morgan fingerprint density at radius 2 is 2.25 bits per heavy atom. The summed E-state index contributed by atoms with van der Waals surface area (Å²) in [5, 5.41) is 10.0. The van der Waals surface area contributed by atoms with Crippen LogP contribution >= 0.6 is 0 Å². The molecule has 1 aliphatic heterocycles. The number of aryl methyl sites for hydroxylation is 2. The standard InChI is InChI=1S/C17H23N5O2/c1-13(15-3-2-12-24-15)19-17(23)20-16-7-11-22(21-16)10-6-14-4-8-18-9-5-14/h4-5,7-9,11,13,15H,2-3,6,10,12H2,1H3,(H2,19,20,21,23)/t13-,15-/m0/s1. The van der Waals surface area contributed by atoms with E-state index in [0.717, 1.165) is 32.4 Å². The average Bonchev–Trinajstić information content (AvgIpc) is 3.25. The van der Waals surface area contributed by atoms with Gasteiger partial charge in [0.25, 0.3) is 0 Å². The first-order valence-corrected chi connectivity index (χ1v) is 8.32. The lowest BCUT2D eigenvalue weighted by Gasteiger charge is -2.19. The second-order valence-corrected chi connectivity index (χ2v) is 6.01. The predicted molar refractivity (Wildman–Crippen MR) is 90.8 cm³/mol. The number of rotatable bonds is 6. The van der Waals surface area contributed by atoms with E-state index in [1.807, 2.05) is 29.9 Å². The summed E-state index contributed by atoms with van der Waals surface area (Å²) >= 11 is 0. The van der Waals surface area contributed by atoms with Gasteiger partial charge in [0.15, 0.2) is 5.82 Å². The van der Waals surface area contributed by atoms with Crippen LogP contribution < -0.4 is 10.6 Å². The fourth-order valence-corrected chi connectivity index (χ4v) is 2.80. The fraction of sp³-hybridized carbons (Fsp3) is 0.471. The van der Waals surface area contributed by atoms with Gasteiger partial charge < -0.3 is 10.1 Å². The first kappa shape index (κ1) is 16.4. The number of carbonyl (C=O) groups is 1. The first-order valence-electron chi connectivity index (χ1n) is 8.32. The number of nitrogens with one attached hydrogen (secondary N) is 2. The molecule has 0 bridgehead atoms. The molecule has 0 unspecified atom stereocenters. The topological polar surface area (TPSA) is 81.1 Å². The van der Waals surface area contributed by atoms with Gasteiger partial charge in [-0.05, 0) is 43.9 Å². The van der Waals surface area contributed by atoms with Crippen molar-refractivity contribution in [2.45, 2.75) is 44.9 Å². The van der Waals surface area contributed by atoms with E-state index < -0.39 is 0 Å². The summed E-state index contributed by atoms with van der Waals surface area (Å²) in [5.74, 6) is 0.543. The van der Waals surface area contributed by atoms with Crippen molar-refractivity contribution in [3.8, 4) is 0 Å². The lowest BCUT2D eigenvalue weighted by atomic mass is 10.1. The number of ether oxygens (including phenoxy) is 1. The van der Waals surface area contributed by atoms with Crippen LogP contribution in [0.2, 0.25) is 0 Å². The van der Waals surface area contributed by atoms with Gasteiger partial charge in [-0.2, -0.15) is 5.10 Å². The van der Waals surface area contributed by atoms with Crippen LogP contribution in [0.15, 0.2) is 36.8 Å². The normalized spacial score (nSPS) is 18.3. The molecule has 2 aromatic rings. The van der Waals surface area contributed by atoms with Crippen LogP contribution in [0, 0.1) is 0 Å². The van der Waals surface area contributed by atoms with Gasteiger partial charge in [0, 0.05) is 37.8 Å². The smallest absolute Gasteiger partial charge is 0.320 e. The fourth-order valence-electron chi connectivity index (χ4n) is 2.80. The van der Waals surface area contributed by atoms with Crippen molar-refractivity contribution < 1.29 is 9.53 Å². The van der Waals surface area contributed by atoms with Gasteiger partial charge in [-0.15, -0.1) is 0 Å². The van der Waals surface area contributed by atoms with Crippen molar-refractivity contribution >= 4 is 11.8 Å². The van der Waals surface area contributed by atoms with E-state index in [2.05, 4.69) is 20.7 Å². The van der Waals surface area contributed by atoms with Gasteiger partial charge in [0.1, 0.15) is 0 Å².